The average Bonchev–Trinajstić information content (AvgIpc) is 2.76. The van der Waals surface area contributed by atoms with E-state index in [9.17, 15) is 4.79 Å². The topological polar surface area (TPSA) is 54.9 Å². The van der Waals surface area contributed by atoms with Crippen molar-refractivity contribution in [1.82, 2.24) is 9.97 Å². The molecule has 4 nitrogen and oxygen atoms in total. The van der Waals surface area contributed by atoms with Crippen LogP contribution in [0.5, 0.6) is 0 Å². The third kappa shape index (κ3) is 4.09. The smallest absolute Gasteiger partial charge is 0.275 e. The van der Waals surface area contributed by atoms with E-state index in [2.05, 4.69) is 37.9 Å². The van der Waals surface area contributed by atoms with Gasteiger partial charge in [-0.15, -0.1) is 0 Å². The first kappa shape index (κ1) is 18.3. The van der Waals surface area contributed by atoms with Crippen LogP contribution in [0.25, 0.3) is 22.5 Å². The first-order chi connectivity index (χ1) is 13.7. The van der Waals surface area contributed by atoms with E-state index in [4.69, 9.17) is 0 Å². The van der Waals surface area contributed by atoms with Crippen LogP contribution < -0.4 is 5.32 Å². The number of halogens is 1. The molecule has 0 saturated carbocycles. The highest BCUT2D eigenvalue weighted by atomic mass is 127. The fourth-order valence-electron chi connectivity index (χ4n) is 2.83. The van der Waals surface area contributed by atoms with E-state index in [0.717, 1.165) is 26.1 Å². The van der Waals surface area contributed by atoms with Crippen molar-refractivity contribution >= 4 is 34.2 Å². The molecule has 0 fully saturated rings. The second-order valence-corrected chi connectivity index (χ2v) is 7.39. The predicted octanol–water partition coefficient (Wildman–Crippen LogP) is 5.67. The molecule has 0 radical (unpaired) electrons. The number of hydrogen-bond acceptors (Lipinski definition) is 3. The Labute approximate surface area is 176 Å². The van der Waals surface area contributed by atoms with Crippen LogP contribution in [0.1, 0.15) is 10.5 Å². The van der Waals surface area contributed by atoms with Crippen molar-refractivity contribution in [2.75, 3.05) is 5.32 Å². The first-order valence-corrected chi connectivity index (χ1v) is 9.83. The van der Waals surface area contributed by atoms with Crippen LogP contribution in [-0.4, -0.2) is 15.9 Å². The zero-order valence-electron chi connectivity index (χ0n) is 14.8. The van der Waals surface area contributed by atoms with E-state index in [1.54, 1.807) is 0 Å². The Kier molecular flexibility index (Phi) is 5.43. The predicted molar refractivity (Wildman–Crippen MR) is 120 cm³/mol. The van der Waals surface area contributed by atoms with Gasteiger partial charge in [-0.25, -0.2) is 4.98 Å². The van der Waals surface area contributed by atoms with E-state index in [1.807, 2.05) is 84.9 Å². The summed E-state index contributed by atoms with van der Waals surface area (Å²) in [6.45, 7) is 0. The molecule has 4 rings (SSSR count). The first-order valence-electron chi connectivity index (χ1n) is 8.75. The molecule has 0 saturated heterocycles. The Morgan fingerprint density at radius 3 is 1.93 bits per heavy atom. The molecule has 0 unspecified atom stereocenters. The summed E-state index contributed by atoms with van der Waals surface area (Å²) in [6, 6.07) is 27.3. The number of rotatable bonds is 4. The van der Waals surface area contributed by atoms with E-state index < -0.39 is 0 Å². The number of anilines is 1. The molecule has 5 heteroatoms. The largest absolute Gasteiger partial charge is 0.321 e. The summed E-state index contributed by atoms with van der Waals surface area (Å²) in [6.07, 6.45) is 1.52. The quantitative estimate of drug-likeness (QED) is 0.386. The SMILES string of the molecule is O=C(Nc1ccc(I)cc1)c1cnc(-c2ccccc2)c(-c2ccccc2)n1. The normalized spacial score (nSPS) is 10.5. The number of nitrogens with zero attached hydrogens (tertiary/aromatic N) is 2. The minimum absolute atomic E-state index is 0.275. The second-order valence-electron chi connectivity index (χ2n) is 6.15. The van der Waals surface area contributed by atoms with E-state index in [1.165, 1.54) is 6.20 Å². The lowest BCUT2D eigenvalue weighted by Gasteiger charge is -2.11. The monoisotopic (exact) mass is 477 g/mol. The van der Waals surface area contributed by atoms with Gasteiger partial charge in [-0.2, -0.15) is 0 Å². The summed E-state index contributed by atoms with van der Waals surface area (Å²) >= 11 is 2.23. The van der Waals surface area contributed by atoms with Gasteiger partial charge in [0, 0.05) is 20.4 Å². The van der Waals surface area contributed by atoms with Gasteiger partial charge in [0.2, 0.25) is 0 Å². The third-order valence-electron chi connectivity index (χ3n) is 4.20. The third-order valence-corrected chi connectivity index (χ3v) is 4.92. The van der Waals surface area contributed by atoms with E-state index in [-0.39, 0.29) is 11.6 Å². The van der Waals surface area contributed by atoms with E-state index >= 15 is 0 Å². The number of benzene rings is 3. The maximum atomic E-state index is 12.7. The van der Waals surface area contributed by atoms with Crippen molar-refractivity contribution in [3.05, 3.63) is 100 Å². The van der Waals surface area contributed by atoms with Crippen LogP contribution in [0.2, 0.25) is 0 Å². The molecular formula is C23H16IN3O. The Morgan fingerprint density at radius 2 is 1.32 bits per heavy atom. The summed E-state index contributed by atoms with van der Waals surface area (Å²) in [5.41, 5.74) is 4.30. The van der Waals surface area contributed by atoms with Gasteiger partial charge in [0.15, 0.2) is 0 Å². The number of carbonyl (C=O) groups excluding carboxylic acids is 1. The fraction of sp³-hybridized carbons (Fsp3) is 0. The zero-order chi connectivity index (χ0) is 19.3. The Morgan fingerprint density at radius 1 is 0.750 bits per heavy atom. The van der Waals surface area contributed by atoms with Gasteiger partial charge in [-0.3, -0.25) is 9.78 Å². The molecule has 0 aliphatic carbocycles. The molecule has 1 amide bonds. The average molecular weight is 477 g/mol. The number of amides is 1. The molecule has 4 aromatic rings. The lowest BCUT2D eigenvalue weighted by Crippen LogP contribution is -2.15. The summed E-state index contributed by atoms with van der Waals surface area (Å²) in [5, 5.41) is 2.88. The minimum Gasteiger partial charge on any atom is -0.321 e. The van der Waals surface area contributed by atoms with Crippen molar-refractivity contribution in [3.8, 4) is 22.5 Å². The second kappa shape index (κ2) is 8.31. The molecule has 0 atom stereocenters. The molecule has 1 N–H and O–H groups in total. The molecular weight excluding hydrogens is 461 g/mol. The molecule has 0 aliphatic heterocycles. The van der Waals surface area contributed by atoms with Crippen molar-refractivity contribution < 1.29 is 4.79 Å². The molecule has 0 bridgehead atoms. The summed E-state index contributed by atoms with van der Waals surface area (Å²) in [7, 11) is 0. The van der Waals surface area contributed by atoms with Crippen LogP contribution in [-0.2, 0) is 0 Å². The number of aromatic nitrogens is 2. The molecule has 0 aliphatic rings. The maximum absolute atomic E-state index is 12.7. The molecule has 0 spiro atoms. The lowest BCUT2D eigenvalue weighted by atomic mass is 10.0. The fourth-order valence-corrected chi connectivity index (χ4v) is 3.19. The van der Waals surface area contributed by atoms with Gasteiger partial charge in [-0.05, 0) is 46.9 Å². The van der Waals surface area contributed by atoms with Gasteiger partial charge >= 0.3 is 0 Å². The Bertz CT molecular complexity index is 1100. The number of carbonyl (C=O) groups is 1. The van der Waals surface area contributed by atoms with Crippen LogP contribution >= 0.6 is 22.6 Å². The molecule has 1 heterocycles. The van der Waals surface area contributed by atoms with Gasteiger partial charge in [0.1, 0.15) is 5.69 Å². The highest BCUT2D eigenvalue weighted by Gasteiger charge is 2.16. The van der Waals surface area contributed by atoms with Crippen molar-refractivity contribution in [3.63, 3.8) is 0 Å². The Hall–Kier alpha value is -3.06. The highest BCUT2D eigenvalue weighted by Crippen LogP contribution is 2.28. The van der Waals surface area contributed by atoms with Crippen LogP contribution in [0, 0.1) is 3.57 Å². The number of hydrogen-bond donors (Lipinski definition) is 1. The summed E-state index contributed by atoms with van der Waals surface area (Å²) < 4.78 is 1.11. The van der Waals surface area contributed by atoms with Gasteiger partial charge in [0.05, 0.1) is 17.6 Å². The molecule has 3 aromatic carbocycles. The maximum Gasteiger partial charge on any atom is 0.275 e. The zero-order valence-corrected chi connectivity index (χ0v) is 17.0. The minimum atomic E-state index is -0.287. The standard InChI is InChI=1S/C23H16IN3O/c24-18-11-13-19(14-12-18)26-23(28)20-15-25-21(16-7-3-1-4-8-16)22(27-20)17-9-5-2-6-10-17/h1-15H,(H,26,28). The highest BCUT2D eigenvalue weighted by molar-refractivity contribution is 14.1. The van der Waals surface area contributed by atoms with E-state index in [0.29, 0.717) is 5.69 Å². The van der Waals surface area contributed by atoms with Crippen molar-refractivity contribution in [1.29, 1.82) is 0 Å². The molecule has 136 valence electrons. The van der Waals surface area contributed by atoms with Crippen molar-refractivity contribution in [2.45, 2.75) is 0 Å². The van der Waals surface area contributed by atoms with Crippen LogP contribution in [0.15, 0.2) is 91.1 Å². The lowest BCUT2D eigenvalue weighted by molar-refractivity contribution is 0.102. The van der Waals surface area contributed by atoms with Gasteiger partial charge < -0.3 is 5.32 Å². The summed E-state index contributed by atoms with van der Waals surface area (Å²) in [4.78, 5) is 21.9. The Balaban J connectivity index is 1.73. The molecule has 1 aromatic heterocycles. The molecule has 28 heavy (non-hydrogen) atoms. The van der Waals surface area contributed by atoms with Crippen LogP contribution in [0.3, 0.4) is 0 Å². The van der Waals surface area contributed by atoms with Gasteiger partial charge in [-0.1, -0.05) is 60.7 Å². The summed E-state index contributed by atoms with van der Waals surface area (Å²) in [5.74, 6) is -0.287. The van der Waals surface area contributed by atoms with Gasteiger partial charge in [0.25, 0.3) is 5.91 Å². The number of nitrogens with one attached hydrogen (secondary N) is 1. The van der Waals surface area contributed by atoms with Crippen LogP contribution in [0.4, 0.5) is 5.69 Å². The van der Waals surface area contributed by atoms with Crippen molar-refractivity contribution in [2.24, 2.45) is 0 Å².